The van der Waals surface area contributed by atoms with Gasteiger partial charge in [-0.15, -0.1) is 12.4 Å². The van der Waals surface area contributed by atoms with E-state index in [1.165, 1.54) is 6.07 Å². The maximum absolute atomic E-state index is 12.5. The monoisotopic (exact) mass is 307 g/mol. The van der Waals surface area contributed by atoms with Gasteiger partial charge in [-0.1, -0.05) is 0 Å². The number of hydrogen-bond donors (Lipinski definition) is 1. The van der Waals surface area contributed by atoms with Crippen molar-refractivity contribution in [1.29, 1.82) is 0 Å². The van der Waals surface area contributed by atoms with Crippen LogP contribution >= 0.6 is 12.4 Å². The lowest BCUT2D eigenvalue weighted by atomic mass is 9.89. The molecule has 1 aromatic heterocycles. The van der Waals surface area contributed by atoms with Crippen LogP contribution in [0.5, 0.6) is 0 Å². The quantitative estimate of drug-likeness (QED) is 0.864. The number of aromatic nitrogens is 1. The minimum Gasteiger partial charge on any atom is -0.356 e. The SMILES string of the molecule is Cl.FC(F)(F)c1ccc(N2CC[C@@H]3CNC[C@@H]3C2)nc1. The molecule has 0 unspecified atom stereocenters. The highest BCUT2D eigenvalue weighted by Gasteiger charge is 2.34. The Bertz CT molecular complexity index is 449. The van der Waals surface area contributed by atoms with Gasteiger partial charge in [0.15, 0.2) is 0 Å². The molecule has 7 heteroatoms. The summed E-state index contributed by atoms with van der Waals surface area (Å²) in [7, 11) is 0. The third kappa shape index (κ3) is 3.01. The van der Waals surface area contributed by atoms with Crippen LogP contribution in [0, 0.1) is 11.8 Å². The van der Waals surface area contributed by atoms with Gasteiger partial charge in [0.2, 0.25) is 0 Å². The molecule has 0 bridgehead atoms. The fourth-order valence-electron chi connectivity index (χ4n) is 2.98. The first-order valence-corrected chi connectivity index (χ1v) is 6.53. The summed E-state index contributed by atoms with van der Waals surface area (Å²) in [4.78, 5) is 6.06. The number of halogens is 4. The number of nitrogens with one attached hydrogen (secondary N) is 1. The van der Waals surface area contributed by atoms with Crippen molar-refractivity contribution in [2.45, 2.75) is 12.6 Å². The highest BCUT2D eigenvalue weighted by Crippen LogP contribution is 2.31. The van der Waals surface area contributed by atoms with Gasteiger partial charge in [-0.2, -0.15) is 13.2 Å². The number of alkyl halides is 3. The van der Waals surface area contributed by atoms with E-state index in [2.05, 4.69) is 15.2 Å². The van der Waals surface area contributed by atoms with E-state index in [0.717, 1.165) is 44.9 Å². The van der Waals surface area contributed by atoms with Crippen LogP contribution in [-0.2, 0) is 6.18 Å². The Morgan fingerprint density at radius 3 is 2.60 bits per heavy atom. The van der Waals surface area contributed by atoms with Crippen molar-refractivity contribution in [3.05, 3.63) is 23.9 Å². The summed E-state index contributed by atoms with van der Waals surface area (Å²) in [5.41, 5.74) is -0.686. The second-order valence-electron chi connectivity index (χ2n) is 5.32. The maximum atomic E-state index is 12.5. The van der Waals surface area contributed by atoms with E-state index in [4.69, 9.17) is 0 Å². The lowest BCUT2D eigenvalue weighted by Crippen LogP contribution is -2.40. The third-order valence-electron chi connectivity index (χ3n) is 4.10. The topological polar surface area (TPSA) is 28.2 Å². The van der Waals surface area contributed by atoms with Crippen molar-refractivity contribution >= 4 is 18.2 Å². The molecule has 3 rings (SSSR count). The van der Waals surface area contributed by atoms with Crippen LogP contribution in [-0.4, -0.2) is 31.2 Å². The van der Waals surface area contributed by atoms with E-state index in [-0.39, 0.29) is 12.4 Å². The van der Waals surface area contributed by atoms with Crippen molar-refractivity contribution in [1.82, 2.24) is 10.3 Å². The summed E-state index contributed by atoms with van der Waals surface area (Å²) < 4.78 is 37.4. The predicted molar refractivity (Wildman–Crippen MR) is 73.2 cm³/mol. The minimum atomic E-state index is -4.31. The molecule has 0 amide bonds. The molecule has 112 valence electrons. The zero-order valence-corrected chi connectivity index (χ0v) is 11.7. The highest BCUT2D eigenvalue weighted by molar-refractivity contribution is 5.85. The van der Waals surface area contributed by atoms with Gasteiger partial charge in [0.05, 0.1) is 5.56 Å². The summed E-state index contributed by atoms with van der Waals surface area (Å²) >= 11 is 0. The Morgan fingerprint density at radius 2 is 1.95 bits per heavy atom. The fraction of sp³-hybridized carbons (Fsp3) is 0.615. The summed E-state index contributed by atoms with van der Waals surface area (Å²) in [6, 6.07) is 2.59. The lowest BCUT2D eigenvalue weighted by molar-refractivity contribution is -0.137. The van der Waals surface area contributed by atoms with Gasteiger partial charge in [0.1, 0.15) is 5.82 Å². The summed E-state index contributed by atoms with van der Waals surface area (Å²) in [5.74, 6) is 1.96. The zero-order valence-electron chi connectivity index (χ0n) is 10.9. The summed E-state index contributed by atoms with van der Waals surface area (Å²) in [5, 5.41) is 3.37. The van der Waals surface area contributed by atoms with Crippen LogP contribution in [0.3, 0.4) is 0 Å². The Kier molecular flexibility index (Phi) is 4.44. The normalized spacial score (nSPS) is 26.1. The molecule has 1 aromatic rings. The Hall–Kier alpha value is -1.01. The molecule has 2 aliphatic heterocycles. The average molecular weight is 308 g/mol. The number of pyridine rings is 1. The summed E-state index contributed by atoms with van der Waals surface area (Å²) in [6.07, 6.45) is -2.30. The van der Waals surface area contributed by atoms with Crippen molar-refractivity contribution < 1.29 is 13.2 Å². The van der Waals surface area contributed by atoms with Crippen LogP contribution in [0.25, 0.3) is 0 Å². The second-order valence-corrected chi connectivity index (χ2v) is 5.32. The Morgan fingerprint density at radius 1 is 1.20 bits per heavy atom. The van der Waals surface area contributed by atoms with Gasteiger partial charge in [-0.05, 0) is 43.5 Å². The van der Waals surface area contributed by atoms with Gasteiger partial charge in [0.25, 0.3) is 0 Å². The van der Waals surface area contributed by atoms with E-state index in [0.29, 0.717) is 17.7 Å². The standard InChI is InChI=1S/C13H16F3N3.ClH/c14-13(15,16)11-1-2-12(18-7-11)19-4-3-9-5-17-6-10(9)8-19;/h1-2,7,9-10,17H,3-6,8H2;1H/t9-,10-;/m1./s1. The van der Waals surface area contributed by atoms with Gasteiger partial charge in [-0.3, -0.25) is 0 Å². The first kappa shape index (κ1) is 15.4. The molecule has 2 saturated heterocycles. The lowest BCUT2D eigenvalue weighted by Gasteiger charge is -2.35. The molecule has 0 saturated carbocycles. The van der Waals surface area contributed by atoms with Gasteiger partial charge < -0.3 is 10.2 Å². The van der Waals surface area contributed by atoms with Crippen molar-refractivity contribution in [3.8, 4) is 0 Å². The average Bonchev–Trinajstić information content (AvgIpc) is 2.85. The number of hydrogen-bond acceptors (Lipinski definition) is 3. The molecule has 2 atom stereocenters. The first-order chi connectivity index (χ1) is 9.04. The second kappa shape index (κ2) is 5.77. The van der Waals surface area contributed by atoms with Crippen LogP contribution in [0.15, 0.2) is 18.3 Å². The van der Waals surface area contributed by atoms with Crippen LogP contribution in [0.2, 0.25) is 0 Å². The smallest absolute Gasteiger partial charge is 0.356 e. The number of rotatable bonds is 1. The largest absolute Gasteiger partial charge is 0.417 e. The molecular formula is C13H17ClF3N3. The third-order valence-corrected chi connectivity index (χ3v) is 4.10. The van der Waals surface area contributed by atoms with Crippen LogP contribution < -0.4 is 10.2 Å². The molecule has 0 radical (unpaired) electrons. The van der Waals surface area contributed by atoms with E-state index in [9.17, 15) is 13.2 Å². The van der Waals surface area contributed by atoms with E-state index >= 15 is 0 Å². The molecular weight excluding hydrogens is 291 g/mol. The molecule has 1 N–H and O–H groups in total. The number of nitrogens with zero attached hydrogens (tertiary/aromatic N) is 2. The molecule has 0 aromatic carbocycles. The molecule has 3 heterocycles. The summed E-state index contributed by atoms with van der Waals surface area (Å²) in [6.45, 7) is 3.83. The van der Waals surface area contributed by atoms with E-state index in [1.807, 2.05) is 0 Å². The van der Waals surface area contributed by atoms with Gasteiger partial charge >= 0.3 is 6.18 Å². The Balaban J connectivity index is 0.00000147. The minimum absolute atomic E-state index is 0. The van der Waals surface area contributed by atoms with Gasteiger partial charge in [-0.25, -0.2) is 4.98 Å². The number of piperidine rings is 1. The van der Waals surface area contributed by atoms with Crippen LogP contribution in [0.1, 0.15) is 12.0 Å². The molecule has 2 fully saturated rings. The molecule has 20 heavy (non-hydrogen) atoms. The van der Waals surface area contributed by atoms with Crippen molar-refractivity contribution in [2.24, 2.45) is 11.8 Å². The maximum Gasteiger partial charge on any atom is 0.417 e. The van der Waals surface area contributed by atoms with E-state index < -0.39 is 11.7 Å². The fourth-order valence-corrected chi connectivity index (χ4v) is 2.98. The van der Waals surface area contributed by atoms with E-state index in [1.54, 1.807) is 0 Å². The molecule has 2 aliphatic rings. The first-order valence-electron chi connectivity index (χ1n) is 6.53. The van der Waals surface area contributed by atoms with Crippen molar-refractivity contribution in [3.63, 3.8) is 0 Å². The van der Waals surface area contributed by atoms with Crippen molar-refractivity contribution in [2.75, 3.05) is 31.1 Å². The molecule has 0 spiro atoms. The predicted octanol–water partition coefficient (Wildman–Crippen LogP) is 2.57. The Labute approximate surface area is 122 Å². The number of fused-ring (bicyclic) bond motifs is 1. The molecule has 0 aliphatic carbocycles. The van der Waals surface area contributed by atoms with Crippen LogP contribution in [0.4, 0.5) is 19.0 Å². The zero-order chi connectivity index (χ0) is 13.5. The number of anilines is 1. The van der Waals surface area contributed by atoms with Gasteiger partial charge in [0, 0.05) is 19.3 Å². The molecule has 3 nitrogen and oxygen atoms in total. The highest BCUT2D eigenvalue weighted by atomic mass is 35.5.